The SMILES string of the molecule is O=C(OCc1ccccc1)N1Cc2nc3c(nc2C[C@H]1CCCI)CN(C(=O)OCc1ccccc1)[C@H](CCCI)C3. The van der Waals surface area contributed by atoms with Gasteiger partial charge < -0.3 is 9.47 Å². The van der Waals surface area contributed by atoms with Gasteiger partial charge in [-0.3, -0.25) is 19.8 Å². The first-order valence-electron chi connectivity index (χ1n) is 14.5. The molecule has 10 heteroatoms. The van der Waals surface area contributed by atoms with Gasteiger partial charge in [0.1, 0.15) is 13.2 Å². The first-order chi connectivity index (χ1) is 20.6. The fraction of sp³-hybridized carbons (Fsp3) is 0.438. The second-order valence-electron chi connectivity index (χ2n) is 10.7. The van der Waals surface area contributed by atoms with Gasteiger partial charge in [-0.15, -0.1) is 0 Å². The van der Waals surface area contributed by atoms with Gasteiger partial charge in [-0.25, -0.2) is 9.59 Å². The molecule has 0 saturated heterocycles. The molecule has 2 aliphatic heterocycles. The standard InChI is InChI=1S/C32H36I2N4O4/c33-15-7-13-25-17-27-29(19-37(25)31(39)41-21-23-9-3-1-4-10-23)35-28-18-26(14-8-16-34)38(20-30(28)36-27)32(40)42-22-24-11-5-2-6-12-24/h1-6,9-12,25-26H,7-8,13-22H2/t25-,26-/m1/s1. The number of benzene rings is 2. The van der Waals surface area contributed by atoms with E-state index in [1.165, 1.54) is 0 Å². The Kier molecular flexibility index (Phi) is 11.3. The number of carbonyl (C=O) groups is 2. The van der Waals surface area contributed by atoms with Crippen LogP contribution in [0.4, 0.5) is 9.59 Å². The van der Waals surface area contributed by atoms with Crippen LogP contribution in [0.5, 0.6) is 0 Å². The van der Waals surface area contributed by atoms with Crippen molar-refractivity contribution in [2.45, 2.75) is 76.9 Å². The molecule has 2 amide bonds. The van der Waals surface area contributed by atoms with Gasteiger partial charge in [0, 0.05) is 24.9 Å². The smallest absolute Gasteiger partial charge is 0.410 e. The Morgan fingerprint density at radius 1 is 0.667 bits per heavy atom. The number of ether oxygens (including phenoxy) is 2. The molecule has 0 spiro atoms. The highest BCUT2D eigenvalue weighted by Crippen LogP contribution is 2.30. The summed E-state index contributed by atoms with van der Waals surface area (Å²) in [5, 5.41) is 0. The molecule has 5 rings (SSSR count). The van der Waals surface area contributed by atoms with Gasteiger partial charge >= 0.3 is 12.2 Å². The van der Waals surface area contributed by atoms with E-state index < -0.39 is 0 Å². The number of amides is 2. The Balaban J connectivity index is 1.33. The van der Waals surface area contributed by atoms with Gasteiger partial charge in [0.05, 0.1) is 35.9 Å². The van der Waals surface area contributed by atoms with Gasteiger partial charge in [0.25, 0.3) is 0 Å². The number of aromatic nitrogens is 2. The summed E-state index contributed by atoms with van der Waals surface area (Å²) in [6, 6.07) is 19.5. The number of carbonyl (C=O) groups excluding carboxylic acids is 2. The molecule has 1 aromatic heterocycles. The molecular formula is C32H36I2N4O4. The molecular weight excluding hydrogens is 758 g/mol. The Morgan fingerprint density at radius 3 is 1.45 bits per heavy atom. The first kappa shape index (κ1) is 31.0. The highest BCUT2D eigenvalue weighted by atomic mass is 127. The van der Waals surface area contributed by atoms with Crippen LogP contribution in [0.2, 0.25) is 0 Å². The maximum absolute atomic E-state index is 13.3. The number of hydrogen-bond acceptors (Lipinski definition) is 6. The topological polar surface area (TPSA) is 84.9 Å². The van der Waals surface area contributed by atoms with Crippen LogP contribution in [0.1, 0.15) is 59.6 Å². The second-order valence-corrected chi connectivity index (χ2v) is 12.9. The van der Waals surface area contributed by atoms with Crippen LogP contribution in [0, 0.1) is 0 Å². The molecule has 0 aliphatic carbocycles. The van der Waals surface area contributed by atoms with Crippen LogP contribution in [-0.4, -0.2) is 52.9 Å². The molecule has 0 fully saturated rings. The van der Waals surface area contributed by atoms with Crippen molar-refractivity contribution in [2.24, 2.45) is 0 Å². The van der Waals surface area contributed by atoms with Crippen LogP contribution in [0.3, 0.4) is 0 Å². The average molecular weight is 794 g/mol. The van der Waals surface area contributed by atoms with Gasteiger partial charge in [0.15, 0.2) is 0 Å². The van der Waals surface area contributed by atoms with E-state index in [2.05, 4.69) is 45.2 Å². The molecule has 0 N–H and O–H groups in total. The molecule has 222 valence electrons. The zero-order valence-electron chi connectivity index (χ0n) is 23.6. The molecule has 0 unspecified atom stereocenters. The van der Waals surface area contributed by atoms with Crippen molar-refractivity contribution in [1.29, 1.82) is 0 Å². The summed E-state index contributed by atoms with van der Waals surface area (Å²) in [5.41, 5.74) is 5.44. The van der Waals surface area contributed by atoms with Crippen LogP contribution < -0.4 is 0 Å². The van der Waals surface area contributed by atoms with Crippen molar-refractivity contribution in [3.63, 3.8) is 0 Å². The lowest BCUT2D eigenvalue weighted by molar-refractivity contribution is 0.0661. The van der Waals surface area contributed by atoms with Crippen molar-refractivity contribution in [2.75, 3.05) is 8.86 Å². The van der Waals surface area contributed by atoms with E-state index in [4.69, 9.17) is 19.4 Å². The third kappa shape index (κ3) is 7.91. The summed E-state index contributed by atoms with van der Waals surface area (Å²) in [5.74, 6) is 0. The number of hydrogen-bond donors (Lipinski definition) is 0. The molecule has 2 atom stereocenters. The monoisotopic (exact) mass is 794 g/mol. The molecule has 2 aliphatic rings. The summed E-state index contributed by atoms with van der Waals surface area (Å²) >= 11 is 4.76. The minimum absolute atomic E-state index is 0.00479. The third-order valence-corrected chi connectivity index (χ3v) is 9.33. The van der Waals surface area contributed by atoms with Crippen LogP contribution in [0.25, 0.3) is 0 Å². The van der Waals surface area contributed by atoms with E-state index in [9.17, 15) is 9.59 Å². The predicted octanol–water partition coefficient (Wildman–Crippen LogP) is 7.03. The molecule has 8 nitrogen and oxygen atoms in total. The molecule has 0 bridgehead atoms. The number of halogens is 2. The molecule has 0 saturated carbocycles. The van der Waals surface area contributed by atoms with E-state index in [0.717, 1.165) is 68.4 Å². The maximum Gasteiger partial charge on any atom is 0.410 e. The Labute approximate surface area is 274 Å². The summed E-state index contributed by atoms with van der Waals surface area (Å²) in [6.07, 6.45) is 4.38. The predicted molar refractivity (Wildman–Crippen MR) is 178 cm³/mol. The van der Waals surface area contributed by atoms with Crippen molar-refractivity contribution in [3.05, 3.63) is 94.6 Å². The molecule has 3 heterocycles. The van der Waals surface area contributed by atoms with Gasteiger partial charge in [-0.1, -0.05) is 106 Å². The third-order valence-electron chi connectivity index (χ3n) is 7.81. The summed E-state index contributed by atoms with van der Waals surface area (Å²) < 4.78 is 13.5. The van der Waals surface area contributed by atoms with Crippen molar-refractivity contribution >= 4 is 57.4 Å². The number of nitrogens with zero attached hydrogens (tertiary/aromatic N) is 4. The lowest BCUT2D eigenvalue weighted by Crippen LogP contribution is -2.47. The fourth-order valence-electron chi connectivity index (χ4n) is 5.58. The van der Waals surface area contributed by atoms with E-state index in [1.807, 2.05) is 70.5 Å². The number of rotatable bonds is 10. The van der Waals surface area contributed by atoms with E-state index in [0.29, 0.717) is 25.9 Å². The normalized spacial score (nSPS) is 17.8. The fourth-order valence-corrected chi connectivity index (χ4v) is 6.47. The molecule has 0 radical (unpaired) electrons. The average Bonchev–Trinajstić information content (AvgIpc) is 3.03. The zero-order valence-corrected chi connectivity index (χ0v) is 27.9. The Bertz CT molecular complexity index is 1240. The maximum atomic E-state index is 13.3. The summed E-state index contributed by atoms with van der Waals surface area (Å²) in [6.45, 7) is 1.26. The number of fused-ring (bicyclic) bond motifs is 2. The van der Waals surface area contributed by atoms with Crippen LogP contribution in [-0.2, 0) is 48.6 Å². The Hall–Kier alpha value is -2.48. The minimum Gasteiger partial charge on any atom is -0.445 e. The van der Waals surface area contributed by atoms with E-state index in [-0.39, 0.29) is 37.5 Å². The lowest BCUT2D eigenvalue weighted by atomic mass is 9.95. The second kappa shape index (κ2) is 15.3. The van der Waals surface area contributed by atoms with Gasteiger partial charge in [-0.05, 0) is 45.7 Å². The summed E-state index contributed by atoms with van der Waals surface area (Å²) in [4.78, 5) is 40.4. The van der Waals surface area contributed by atoms with Crippen molar-refractivity contribution in [3.8, 4) is 0 Å². The molecule has 42 heavy (non-hydrogen) atoms. The minimum atomic E-state index is -0.310. The highest BCUT2D eigenvalue weighted by Gasteiger charge is 2.36. The molecule has 2 aromatic carbocycles. The highest BCUT2D eigenvalue weighted by molar-refractivity contribution is 14.1. The van der Waals surface area contributed by atoms with Crippen molar-refractivity contribution in [1.82, 2.24) is 19.8 Å². The molecule has 3 aromatic rings. The van der Waals surface area contributed by atoms with Crippen molar-refractivity contribution < 1.29 is 19.1 Å². The number of alkyl halides is 2. The van der Waals surface area contributed by atoms with Crippen LogP contribution in [0.15, 0.2) is 60.7 Å². The lowest BCUT2D eigenvalue weighted by Gasteiger charge is -2.38. The van der Waals surface area contributed by atoms with E-state index >= 15 is 0 Å². The first-order valence-corrected chi connectivity index (χ1v) is 17.5. The quantitative estimate of drug-likeness (QED) is 0.162. The zero-order chi connectivity index (χ0) is 29.3. The van der Waals surface area contributed by atoms with Crippen LogP contribution >= 0.6 is 45.2 Å². The van der Waals surface area contributed by atoms with E-state index in [1.54, 1.807) is 0 Å². The summed E-state index contributed by atoms with van der Waals surface area (Å²) in [7, 11) is 0. The van der Waals surface area contributed by atoms with Gasteiger partial charge in [0.2, 0.25) is 0 Å². The van der Waals surface area contributed by atoms with Gasteiger partial charge in [-0.2, -0.15) is 0 Å². The largest absolute Gasteiger partial charge is 0.445 e. The Morgan fingerprint density at radius 2 is 1.07 bits per heavy atom.